The van der Waals surface area contributed by atoms with Gasteiger partial charge in [0.2, 0.25) is 0 Å². The maximum Gasteiger partial charge on any atom is 0.261 e. The van der Waals surface area contributed by atoms with Crippen LogP contribution in [0.1, 0.15) is 31.8 Å². The summed E-state index contributed by atoms with van der Waals surface area (Å²) in [5, 5.41) is 3.41. The number of hydrogen-bond donors (Lipinski definition) is 1. The SMILES string of the molecule is O=C1c2ccccc2C(=O)N1Cc1ccccc1CNCC1COc2ccccc2O1. The number of para-hydroxylation sites is 2. The van der Waals surface area contributed by atoms with E-state index in [1.54, 1.807) is 24.3 Å². The van der Waals surface area contributed by atoms with E-state index in [0.29, 0.717) is 30.8 Å². The lowest BCUT2D eigenvalue weighted by Gasteiger charge is -2.26. The molecule has 31 heavy (non-hydrogen) atoms. The Hall–Kier alpha value is -3.64. The molecule has 6 nitrogen and oxygen atoms in total. The van der Waals surface area contributed by atoms with Gasteiger partial charge in [-0.05, 0) is 35.4 Å². The Morgan fingerprint density at radius 1 is 0.806 bits per heavy atom. The van der Waals surface area contributed by atoms with Gasteiger partial charge in [-0.15, -0.1) is 0 Å². The van der Waals surface area contributed by atoms with E-state index >= 15 is 0 Å². The molecule has 2 amide bonds. The number of ether oxygens (including phenoxy) is 2. The number of nitrogens with zero attached hydrogens (tertiary/aromatic N) is 1. The first-order chi connectivity index (χ1) is 15.2. The number of benzene rings is 3. The number of amides is 2. The first-order valence-corrected chi connectivity index (χ1v) is 10.3. The maximum atomic E-state index is 12.7. The standard InChI is InChI=1S/C25H22N2O4/c28-24-20-9-3-4-10-21(20)25(29)27(24)15-18-8-2-1-7-17(18)13-26-14-19-16-30-22-11-5-6-12-23(22)31-19/h1-12,19,26H,13-16H2. The van der Waals surface area contributed by atoms with Crippen molar-refractivity contribution in [2.45, 2.75) is 19.2 Å². The third kappa shape index (κ3) is 3.78. The van der Waals surface area contributed by atoms with Crippen LogP contribution in [-0.4, -0.2) is 36.0 Å². The lowest BCUT2D eigenvalue weighted by atomic mass is 10.1. The Balaban J connectivity index is 1.23. The summed E-state index contributed by atoms with van der Waals surface area (Å²) in [5.74, 6) is 1.04. The van der Waals surface area contributed by atoms with Crippen molar-refractivity contribution in [1.82, 2.24) is 10.2 Å². The summed E-state index contributed by atoms with van der Waals surface area (Å²) in [4.78, 5) is 26.7. The fraction of sp³-hybridized carbons (Fsp3) is 0.200. The molecule has 3 aromatic rings. The predicted molar refractivity (Wildman–Crippen MR) is 115 cm³/mol. The van der Waals surface area contributed by atoms with Crippen molar-refractivity contribution < 1.29 is 19.1 Å². The van der Waals surface area contributed by atoms with Crippen molar-refractivity contribution >= 4 is 11.8 Å². The highest BCUT2D eigenvalue weighted by Crippen LogP contribution is 2.30. The minimum Gasteiger partial charge on any atom is -0.486 e. The van der Waals surface area contributed by atoms with Gasteiger partial charge in [0.05, 0.1) is 17.7 Å². The molecule has 2 aliphatic heterocycles. The molecule has 3 aromatic carbocycles. The van der Waals surface area contributed by atoms with Crippen molar-refractivity contribution in [1.29, 1.82) is 0 Å². The minimum atomic E-state index is -0.241. The molecule has 0 saturated heterocycles. The second-order valence-corrected chi connectivity index (χ2v) is 7.64. The molecule has 5 rings (SSSR count). The summed E-state index contributed by atoms with van der Waals surface area (Å²) in [6.07, 6.45) is -0.0849. The molecule has 2 aliphatic rings. The lowest BCUT2D eigenvalue weighted by Crippen LogP contribution is -2.38. The topological polar surface area (TPSA) is 67.9 Å². The number of hydrogen-bond acceptors (Lipinski definition) is 5. The smallest absolute Gasteiger partial charge is 0.261 e. The lowest BCUT2D eigenvalue weighted by molar-refractivity contribution is 0.0642. The van der Waals surface area contributed by atoms with Gasteiger partial charge in [0, 0.05) is 13.1 Å². The molecule has 1 N–H and O–H groups in total. The van der Waals surface area contributed by atoms with Crippen LogP contribution in [0.15, 0.2) is 72.8 Å². The molecule has 2 heterocycles. The van der Waals surface area contributed by atoms with Crippen molar-refractivity contribution in [3.8, 4) is 11.5 Å². The van der Waals surface area contributed by atoms with Crippen LogP contribution in [0.3, 0.4) is 0 Å². The number of nitrogens with one attached hydrogen (secondary N) is 1. The maximum absolute atomic E-state index is 12.7. The van der Waals surface area contributed by atoms with Gasteiger partial charge in [-0.2, -0.15) is 0 Å². The zero-order valence-corrected chi connectivity index (χ0v) is 16.9. The Kier molecular flexibility index (Phi) is 5.14. The Morgan fingerprint density at radius 3 is 2.16 bits per heavy atom. The average molecular weight is 414 g/mol. The highest BCUT2D eigenvalue weighted by molar-refractivity contribution is 6.21. The third-order valence-corrected chi connectivity index (χ3v) is 5.58. The van der Waals surface area contributed by atoms with Crippen LogP contribution >= 0.6 is 0 Å². The zero-order valence-electron chi connectivity index (χ0n) is 16.9. The second kappa shape index (κ2) is 8.24. The molecule has 0 spiro atoms. The monoisotopic (exact) mass is 414 g/mol. The van der Waals surface area contributed by atoms with Crippen LogP contribution in [0.4, 0.5) is 0 Å². The van der Waals surface area contributed by atoms with Crippen LogP contribution < -0.4 is 14.8 Å². The minimum absolute atomic E-state index is 0.0849. The van der Waals surface area contributed by atoms with Gasteiger partial charge in [0.15, 0.2) is 11.5 Å². The molecule has 6 heteroatoms. The largest absolute Gasteiger partial charge is 0.486 e. The Labute approximate surface area is 180 Å². The van der Waals surface area contributed by atoms with E-state index in [2.05, 4.69) is 5.32 Å². The number of fused-ring (bicyclic) bond motifs is 2. The molecular formula is C25H22N2O4. The van der Waals surface area contributed by atoms with Gasteiger partial charge in [-0.1, -0.05) is 48.5 Å². The van der Waals surface area contributed by atoms with E-state index in [4.69, 9.17) is 9.47 Å². The fourth-order valence-electron chi connectivity index (χ4n) is 3.97. The van der Waals surface area contributed by atoms with E-state index in [0.717, 1.165) is 22.6 Å². The first-order valence-electron chi connectivity index (χ1n) is 10.3. The normalized spacial score (nSPS) is 17.0. The van der Waals surface area contributed by atoms with Gasteiger partial charge in [0.25, 0.3) is 11.8 Å². The highest BCUT2D eigenvalue weighted by Gasteiger charge is 2.35. The summed E-state index contributed by atoms with van der Waals surface area (Å²) >= 11 is 0. The van der Waals surface area contributed by atoms with Crippen molar-refractivity contribution in [2.75, 3.05) is 13.2 Å². The zero-order chi connectivity index (χ0) is 21.2. The summed E-state index contributed by atoms with van der Waals surface area (Å²) in [5.41, 5.74) is 2.92. The Morgan fingerprint density at radius 2 is 1.42 bits per heavy atom. The molecular weight excluding hydrogens is 392 g/mol. The molecule has 1 atom stereocenters. The average Bonchev–Trinajstić information content (AvgIpc) is 3.05. The van der Waals surface area contributed by atoms with Crippen LogP contribution in [0.25, 0.3) is 0 Å². The number of carbonyl (C=O) groups excluding carboxylic acids is 2. The van der Waals surface area contributed by atoms with E-state index in [1.165, 1.54) is 4.90 Å². The van der Waals surface area contributed by atoms with Crippen LogP contribution in [0.5, 0.6) is 11.5 Å². The first kappa shape index (κ1) is 19.3. The van der Waals surface area contributed by atoms with Gasteiger partial charge >= 0.3 is 0 Å². The highest BCUT2D eigenvalue weighted by atomic mass is 16.6. The van der Waals surface area contributed by atoms with Crippen LogP contribution in [0.2, 0.25) is 0 Å². The predicted octanol–water partition coefficient (Wildman–Crippen LogP) is 3.41. The number of carbonyl (C=O) groups is 2. The molecule has 0 saturated carbocycles. The molecule has 0 fully saturated rings. The fourth-order valence-corrected chi connectivity index (χ4v) is 3.97. The van der Waals surface area contributed by atoms with Gasteiger partial charge in [0.1, 0.15) is 12.7 Å². The second-order valence-electron chi connectivity index (χ2n) is 7.64. The van der Waals surface area contributed by atoms with E-state index < -0.39 is 0 Å². The van der Waals surface area contributed by atoms with E-state index in [-0.39, 0.29) is 24.5 Å². The molecule has 0 bridgehead atoms. The Bertz CT molecular complexity index is 1110. The summed E-state index contributed by atoms with van der Waals surface area (Å²) < 4.78 is 11.7. The molecule has 0 aliphatic carbocycles. The van der Waals surface area contributed by atoms with Gasteiger partial charge in [-0.25, -0.2) is 0 Å². The molecule has 0 aromatic heterocycles. The van der Waals surface area contributed by atoms with Crippen molar-refractivity contribution in [2.24, 2.45) is 0 Å². The number of imide groups is 1. The third-order valence-electron chi connectivity index (χ3n) is 5.58. The van der Waals surface area contributed by atoms with Crippen LogP contribution in [-0.2, 0) is 13.1 Å². The van der Waals surface area contributed by atoms with Crippen molar-refractivity contribution in [3.05, 3.63) is 95.1 Å². The summed E-state index contributed by atoms with van der Waals surface area (Å²) in [7, 11) is 0. The molecule has 0 radical (unpaired) electrons. The van der Waals surface area contributed by atoms with Gasteiger partial charge < -0.3 is 14.8 Å². The van der Waals surface area contributed by atoms with Gasteiger partial charge in [-0.3, -0.25) is 14.5 Å². The van der Waals surface area contributed by atoms with Crippen molar-refractivity contribution in [3.63, 3.8) is 0 Å². The molecule has 1 unspecified atom stereocenters. The summed E-state index contributed by atoms with van der Waals surface area (Å²) in [6.45, 7) is 1.96. The number of rotatable bonds is 6. The van der Waals surface area contributed by atoms with E-state index in [1.807, 2.05) is 48.5 Å². The quantitative estimate of drug-likeness (QED) is 0.626. The van der Waals surface area contributed by atoms with Crippen LogP contribution in [0, 0.1) is 0 Å². The summed E-state index contributed by atoms with van der Waals surface area (Å²) in [6, 6.07) is 22.5. The molecule has 156 valence electrons. The van der Waals surface area contributed by atoms with E-state index in [9.17, 15) is 9.59 Å².